The molecule has 0 radical (unpaired) electrons. The molecule has 0 saturated heterocycles. The average Bonchev–Trinajstić information content (AvgIpc) is 2.63. The summed E-state index contributed by atoms with van der Waals surface area (Å²) in [5.74, 6) is 0. The molecule has 0 N–H and O–H groups in total. The smallest absolute Gasteiger partial charge is 0.281 e. The van der Waals surface area contributed by atoms with Crippen molar-refractivity contribution < 1.29 is 8.78 Å². The standard InChI is InChI=1S/C9H8BrF2N3/c1-2-5-7(10)9-14-6(8(11)12)3-15(9)4-13-5/h3-4,8H,2H2,1H3. The van der Waals surface area contributed by atoms with Crippen LogP contribution < -0.4 is 0 Å². The molecule has 3 nitrogen and oxygen atoms in total. The van der Waals surface area contributed by atoms with Gasteiger partial charge < -0.3 is 0 Å². The normalized spacial score (nSPS) is 11.5. The summed E-state index contributed by atoms with van der Waals surface area (Å²) < 4.78 is 27.0. The third kappa shape index (κ3) is 1.73. The molecule has 2 aromatic heterocycles. The minimum atomic E-state index is -2.55. The van der Waals surface area contributed by atoms with Crippen molar-refractivity contribution in [2.45, 2.75) is 19.8 Å². The van der Waals surface area contributed by atoms with Gasteiger partial charge >= 0.3 is 0 Å². The SMILES string of the molecule is CCc1ncn2cc(C(F)F)nc2c1Br. The highest BCUT2D eigenvalue weighted by Gasteiger charge is 2.14. The molecule has 6 heteroatoms. The first kappa shape index (κ1) is 10.5. The number of hydrogen-bond acceptors (Lipinski definition) is 2. The van der Waals surface area contributed by atoms with E-state index in [4.69, 9.17) is 0 Å². The molecule has 2 rings (SSSR count). The van der Waals surface area contributed by atoms with E-state index in [0.29, 0.717) is 10.1 Å². The maximum Gasteiger partial charge on any atom is 0.281 e. The fourth-order valence-corrected chi connectivity index (χ4v) is 2.01. The number of nitrogens with zero attached hydrogens (tertiary/aromatic N) is 3. The van der Waals surface area contributed by atoms with Gasteiger partial charge in [0.05, 0.1) is 10.2 Å². The van der Waals surface area contributed by atoms with Crippen molar-refractivity contribution in [3.63, 3.8) is 0 Å². The van der Waals surface area contributed by atoms with Gasteiger partial charge in [-0.1, -0.05) is 6.92 Å². The van der Waals surface area contributed by atoms with Crippen LogP contribution >= 0.6 is 15.9 Å². The van der Waals surface area contributed by atoms with Crippen molar-refractivity contribution in [1.29, 1.82) is 0 Å². The van der Waals surface area contributed by atoms with E-state index >= 15 is 0 Å². The zero-order chi connectivity index (χ0) is 11.0. The van der Waals surface area contributed by atoms with Crippen LogP contribution in [0, 0.1) is 0 Å². The highest BCUT2D eigenvalue weighted by molar-refractivity contribution is 9.10. The van der Waals surface area contributed by atoms with E-state index in [-0.39, 0.29) is 5.69 Å². The number of alkyl halides is 2. The zero-order valence-corrected chi connectivity index (χ0v) is 9.50. The van der Waals surface area contributed by atoms with Crippen LogP contribution in [0.5, 0.6) is 0 Å². The third-order valence-corrected chi connectivity index (χ3v) is 2.91. The number of rotatable bonds is 2. The molecular formula is C9H8BrF2N3. The Morgan fingerprint density at radius 3 is 2.87 bits per heavy atom. The van der Waals surface area contributed by atoms with E-state index in [0.717, 1.165) is 12.1 Å². The van der Waals surface area contributed by atoms with E-state index in [9.17, 15) is 8.78 Å². The summed E-state index contributed by atoms with van der Waals surface area (Å²) in [6.07, 6.45) is 0.963. The summed E-state index contributed by atoms with van der Waals surface area (Å²) in [5, 5.41) is 0. The van der Waals surface area contributed by atoms with E-state index < -0.39 is 6.43 Å². The van der Waals surface area contributed by atoms with Crippen LogP contribution in [0.15, 0.2) is 17.0 Å². The Balaban J connectivity index is 2.66. The van der Waals surface area contributed by atoms with Crippen LogP contribution in [0.4, 0.5) is 8.78 Å². The second-order valence-electron chi connectivity index (χ2n) is 3.06. The number of fused-ring (bicyclic) bond motifs is 1. The average molecular weight is 276 g/mol. The molecule has 0 bridgehead atoms. The molecule has 0 aromatic carbocycles. The lowest BCUT2D eigenvalue weighted by Gasteiger charge is -2.00. The minimum absolute atomic E-state index is 0.231. The fraction of sp³-hybridized carbons (Fsp3) is 0.333. The molecule has 0 unspecified atom stereocenters. The second-order valence-corrected chi connectivity index (χ2v) is 3.85. The summed E-state index contributed by atoms with van der Waals surface area (Å²) in [6, 6.07) is 0. The second kappa shape index (κ2) is 3.84. The first-order chi connectivity index (χ1) is 7.13. The van der Waals surface area contributed by atoms with Gasteiger partial charge in [0.25, 0.3) is 6.43 Å². The Morgan fingerprint density at radius 1 is 1.53 bits per heavy atom. The molecule has 0 aliphatic heterocycles. The maximum atomic E-state index is 12.4. The summed E-state index contributed by atoms with van der Waals surface area (Å²) in [7, 11) is 0. The number of hydrogen-bond donors (Lipinski definition) is 0. The highest BCUT2D eigenvalue weighted by Crippen LogP contribution is 2.24. The molecule has 0 atom stereocenters. The predicted molar refractivity (Wildman–Crippen MR) is 55.0 cm³/mol. The first-order valence-electron chi connectivity index (χ1n) is 4.43. The Kier molecular flexibility index (Phi) is 2.68. The molecule has 0 aliphatic rings. The molecule has 2 heterocycles. The molecule has 2 aromatic rings. The highest BCUT2D eigenvalue weighted by atomic mass is 79.9. The Morgan fingerprint density at radius 2 is 2.27 bits per heavy atom. The van der Waals surface area contributed by atoms with Gasteiger partial charge in [-0.3, -0.25) is 4.40 Å². The summed E-state index contributed by atoms with van der Waals surface area (Å²) >= 11 is 3.31. The van der Waals surface area contributed by atoms with Gasteiger partial charge in [-0.25, -0.2) is 18.7 Å². The van der Waals surface area contributed by atoms with Crippen molar-refractivity contribution in [1.82, 2.24) is 14.4 Å². The topological polar surface area (TPSA) is 30.2 Å². The van der Waals surface area contributed by atoms with Gasteiger partial charge in [-0.15, -0.1) is 0 Å². The molecule has 0 spiro atoms. The Bertz CT molecular complexity index is 495. The molecule has 15 heavy (non-hydrogen) atoms. The van der Waals surface area contributed by atoms with Crippen molar-refractivity contribution in [2.75, 3.05) is 0 Å². The van der Waals surface area contributed by atoms with Crippen LogP contribution in [-0.2, 0) is 6.42 Å². The Labute approximate surface area is 93.3 Å². The fourth-order valence-electron chi connectivity index (χ4n) is 1.33. The minimum Gasteiger partial charge on any atom is -0.289 e. The number of halogens is 3. The summed E-state index contributed by atoms with van der Waals surface area (Å²) in [4.78, 5) is 7.98. The Hall–Kier alpha value is -1.04. The van der Waals surface area contributed by atoms with Gasteiger partial charge in [-0.2, -0.15) is 0 Å². The molecular weight excluding hydrogens is 268 g/mol. The van der Waals surface area contributed by atoms with Gasteiger partial charge in [0.15, 0.2) is 5.65 Å². The lowest BCUT2D eigenvalue weighted by atomic mass is 10.3. The largest absolute Gasteiger partial charge is 0.289 e. The van der Waals surface area contributed by atoms with Crippen molar-refractivity contribution in [3.8, 4) is 0 Å². The van der Waals surface area contributed by atoms with E-state index in [2.05, 4.69) is 25.9 Å². The lowest BCUT2D eigenvalue weighted by Crippen LogP contribution is -1.94. The monoisotopic (exact) mass is 275 g/mol. The van der Waals surface area contributed by atoms with Gasteiger partial charge in [0.1, 0.15) is 12.0 Å². The van der Waals surface area contributed by atoms with Crippen molar-refractivity contribution in [3.05, 3.63) is 28.4 Å². The van der Waals surface area contributed by atoms with Gasteiger partial charge in [-0.05, 0) is 22.4 Å². The number of imidazole rings is 1. The number of aryl methyl sites for hydroxylation is 1. The summed E-state index contributed by atoms with van der Waals surface area (Å²) in [5.41, 5.74) is 1.07. The van der Waals surface area contributed by atoms with E-state index in [1.165, 1.54) is 16.9 Å². The van der Waals surface area contributed by atoms with Crippen LogP contribution in [0.3, 0.4) is 0 Å². The number of aromatic nitrogens is 3. The first-order valence-corrected chi connectivity index (χ1v) is 5.23. The third-order valence-electron chi connectivity index (χ3n) is 2.10. The summed E-state index contributed by atoms with van der Waals surface area (Å²) in [6.45, 7) is 1.94. The maximum absolute atomic E-state index is 12.4. The molecule has 80 valence electrons. The van der Waals surface area contributed by atoms with Crippen LogP contribution in [0.25, 0.3) is 5.65 Å². The quantitative estimate of drug-likeness (QED) is 0.844. The molecule has 0 saturated carbocycles. The van der Waals surface area contributed by atoms with Crippen LogP contribution in [0.2, 0.25) is 0 Å². The van der Waals surface area contributed by atoms with E-state index in [1.807, 2.05) is 6.92 Å². The van der Waals surface area contributed by atoms with E-state index in [1.54, 1.807) is 0 Å². The predicted octanol–water partition coefficient (Wildman–Crippen LogP) is 2.99. The molecule has 0 amide bonds. The van der Waals surface area contributed by atoms with Gasteiger partial charge in [0, 0.05) is 6.20 Å². The van der Waals surface area contributed by atoms with Crippen molar-refractivity contribution >= 4 is 21.6 Å². The lowest BCUT2D eigenvalue weighted by molar-refractivity contribution is 0.147. The van der Waals surface area contributed by atoms with Crippen molar-refractivity contribution in [2.24, 2.45) is 0 Å². The molecule has 0 fully saturated rings. The van der Waals surface area contributed by atoms with Gasteiger partial charge in [0.2, 0.25) is 0 Å². The molecule has 0 aliphatic carbocycles. The van der Waals surface area contributed by atoms with Crippen LogP contribution in [-0.4, -0.2) is 14.4 Å². The van der Waals surface area contributed by atoms with Crippen LogP contribution in [0.1, 0.15) is 24.7 Å². The zero-order valence-electron chi connectivity index (χ0n) is 7.91.